The van der Waals surface area contributed by atoms with Crippen molar-refractivity contribution in [2.45, 2.75) is 40.8 Å². The Morgan fingerprint density at radius 3 is 2.55 bits per heavy atom. The molecule has 0 saturated carbocycles. The SMILES string of the molecule is CC(C)CN(Cc1cccc2c1OCCO2)c1c(N)n(CC(C)C)c(=O)[nH]c1=O. The van der Waals surface area contributed by atoms with E-state index in [0.29, 0.717) is 50.0 Å². The van der Waals surface area contributed by atoms with Gasteiger partial charge in [0.2, 0.25) is 0 Å². The van der Waals surface area contributed by atoms with E-state index in [-0.39, 0.29) is 17.7 Å². The number of nitrogens with zero attached hydrogens (tertiary/aromatic N) is 2. The summed E-state index contributed by atoms with van der Waals surface area (Å²) in [4.78, 5) is 29.4. The summed E-state index contributed by atoms with van der Waals surface area (Å²) >= 11 is 0. The highest BCUT2D eigenvalue weighted by atomic mass is 16.6. The zero-order chi connectivity index (χ0) is 21.1. The quantitative estimate of drug-likeness (QED) is 0.736. The number of nitrogens with one attached hydrogen (secondary N) is 1. The van der Waals surface area contributed by atoms with E-state index < -0.39 is 11.2 Å². The van der Waals surface area contributed by atoms with Crippen LogP contribution in [-0.2, 0) is 13.1 Å². The molecule has 0 atom stereocenters. The number of ether oxygens (including phenoxy) is 2. The Kier molecular flexibility index (Phi) is 6.20. The first-order valence-electron chi connectivity index (χ1n) is 10.0. The molecule has 1 aromatic heterocycles. The van der Waals surface area contributed by atoms with Crippen LogP contribution in [0.3, 0.4) is 0 Å². The molecule has 2 heterocycles. The number of aromatic nitrogens is 2. The largest absolute Gasteiger partial charge is 0.486 e. The van der Waals surface area contributed by atoms with E-state index in [1.165, 1.54) is 4.57 Å². The molecule has 0 unspecified atom stereocenters. The van der Waals surface area contributed by atoms with Crippen LogP contribution in [0.15, 0.2) is 27.8 Å². The molecule has 1 aliphatic rings. The summed E-state index contributed by atoms with van der Waals surface area (Å²) < 4.78 is 12.9. The lowest BCUT2D eigenvalue weighted by molar-refractivity contribution is 0.170. The van der Waals surface area contributed by atoms with Crippen molar-refractivity contribution in [3.05, 3.63) is 44.6 Å². The van der Waals surface area contributed by atoms with Crippen LogP contribution >= 0.6 is 0 Å². The highest BCUT2D eigenvalue weighted by Gasteiger charge is 2.23. The zero-order valence-electron chi connectivity index (χ0n) is 17.5. The van der Waals surface area contributed by atoms with Gasteiger partial charge in [-0.05, 0) is 17.9 Å². The third-order valence-corrected chi connectivity index (χ3v) is 4.67. The molecule has 29 heavy (non-hydrogen) atoms. The smallest absolute Gasteiger partial charge is 0.330 e. The second kappa shape index (κ2) is 8.63. The Morgan fingerprint density at radius 2 is 1.86 bits per heavy atom. The summed E-state index contributed by atoms with van der Waals surface area (Å²) in [5, 5.41) is 0. The van der Waals surface area contributed by atoms with E-state index in [2.05, 4.69) is 18.8 Å². The van der Waals surface area contributed by atoms with E-state index in [1.807, 2.05) is 36.9 Å². The summed E-state index contributed by atoms with van der Waals surface area (Å²) in [6.45, 7) is 10.6. The lowest BCUT2D eigenvalue weighted by Crippen LogP contribution is -2.40. The Morgan fingerprint density at radius 1 is 1.14 bits per heavy atom. The lowest BCUT2D eigenvalue weighted by Gasteiger charge is -2.29. The summed E-state index contributed by atoms with van der Waals surface area (Å²) in [5.41, 5.74) is 6.61. The molecular formula is C21H30N4O4. The molecule has 3 rings (SSSR count). The molecule has 0 radical (unpaired) electrons. The third-order valence-electron chi connectivity index (χ3n) is 4.67. The monoisotopic (exact) mass is 402 g/mol. The van der Waals surface area contributed by atoms with Gasteiger partial charge in [0.1, 0.15) is 24.7 Å². The van der Waals surface area contributed by atoms with E-state index in [4.69, 9.17) is 15.2 Å². The molecule has 3 N–H and O–H groups in total. The van der Waals surface area contributed by atoms with Crippen LogP contribution in [0.2, 0.25) is 0 Å². The highest BCUT2D eigenvalue weighted by Crippen LogP contribution is 2.35. The van der Waals surface area contributed by atoms with Gasteiger partial charge in [0.05, 0.1) is 0 Å². The molecule has 0 saturated heterocycles. The van der Waals surface area contributed by atoms with E-state index in [9.17, 15) is 9.59 Å². The van der Waals surface area contributed by atoms with Crippen LogP contribution in [0.5, 0.6) is 11.5 Å². The number of para-hydroxylation sites is 1. The van der Waals surface area contributed by atoms with E-state index in [1.54, 1.807) is 0 Å². The standard InChI is InChI=1S/C21H30N4O4/c1-13(2)10-24(12-15-6-5-7-16-18(15)29-9-8-28-16)17-19(22)25(11-14(3)4)21(27)23-20(17)26/h5-7,13-14H,8-12,22H2,1-4H3,(H,23,26,27). The number of hydrogen-bond acceptors (Lipinski definition) is 6. The fraction of sp³-hybridized carbons (Fsp3) is 0.524. The number of fused-ring (bicyclic) bond motifs is 1. The predicted octanol–water partition coefficient (Wildman–Crippen LogP) is 2.21. The summed E-state index contributed by atoms with van der Waals surface area (Å²) in [5.74, 6) is 2.06. The maximum absolute atomic E-state index is 12.8. The van der Waals surface area contributed by atoms with Crippen LogP contribution < -0.4 is 31.4 Å². The molecule has 8 nitrogen and oxygen atoms in total. The first-order valence-corrected chi connectivity index (χ1v) is 10.0. The number of aromatic amines is 1. The Balaban J connectivity index is 2.07. The molecule has 0 spiro atoms. The van der Waals surface area contributed by atoms with E-state index in [0.717, 1.165) is 5.56 Å². The van der Waals surface area contributed by atoms with Crippen molar-refractivity contribution >= 4 is 11.5 Å². The Labute approximate surface area is 170 Å². The number of H-pyrrole nitrogens is 1. The molecule has 2 aromatic rings. The molecule has 0 fully saturated rings. The average Bonchev–Trinajstić information content (AvgIpc) is 2.64. The van der Waals surface area contributed by atoms with Gasteiger partial charge in [0.25, 0.3) is 5.56 Å². The summed E-state index contributed by atoms with van der Waals surface area (Å²) in [6, 6.07) is 5.73. The van der Waals surface area contributed by atoms with Gasteiger partial charge in [-0.1, -0.05) is 39.8 Å². The van der Waals surface area contributed by atoms with Crippen molar-refractivity contribution < 1.29 is 9.47 Å². The second-order valence-electron chi connectivity index (χ2n) is 8.21. The first-order chi connectivity index (χ1) is 13.8. The molecule has 0 amide bonds. The fourth-order valence-electron chi connectivity index (χ4n) is 3.57. The predicted molar refractivity (Wildman–Crippen MR) is 114 cm³/mol. The van der Waals surface area contributed by atoms with Gasteiger partial charge in [-0.15, -0.1) is 0 Å². The number of benzene rings is 1. The zero-order valence-corrected chi connectivity index (χ0v) is 17.5. The normalized spacial score (nSPS) is 13.2. The molecule has 1 aliphatic heterocycles. The van der Waals surface area contributed by atoms with E-state index >= 15 is 0 Å². The van der Waals surface area contributed by atoms with Crippen molar-refractivity contribution in [2.75, 3.05) is 30.4 Å². The van der Waals surface area contributed by atoms with Gasteiger partial charge in [-0.25, -0.2) is 4.79 Å². The molecule has 158 valence electrons. The summed E-state index contributed by atoms with van der Waals surface area (Å²) in [7, 11) is 0. The number of nitrogen functional groups attached to an aromatic ring is 1. The number of hydrogen-bond donors (Lipinski definition) is 2. The van der Waals surface area contributed by atoms with Crippen molar-refractivity contribution in [1.29, 1.82) is 0 Å². The number of nitrogens with two attached hydrogens (primary N) is 1. The lowest BCUT2D eigenvalue weighted by atomic mass is 10.1. The van der Waals surface area contributed by atoms with Gasteiger partial charge in [0.15, 0.2) is 11.5 Å². The summed E-state index contributed by atoms with van der Waals surface area (Å²) in [6.07, 6.45) is 0. The molecular weight excluding hydrogens is 372 g/mol. The molecule has 0 bridgehead atoms. The average molecular weight is 402 g/mol. The van der Waals surface area contributed by atoms with Crippen LogP contribution in [0, 0.1) is 11.8 Å². The van der Waals surface area contributed by atoms with Crippen molar-refractivity contribution in [2.24, 2.45) is 11.8 Å². The minimum atomic E-state index is -0.483. The van der Waals surface area contributed by atoms with Gasteiger partial charge in [-0.3, -0.25) is 14.3 Å². The van der Waals surface area contributed by atoms with Crippen molar-refractivity contribution in [1.82, 2.24) is 9.55 Å². The number of anilines is 2. The Hall–Kier alpha value is -2.90. The van der Waals surface area contributed by atoms with Gasteiger partial charge in [0, 0.05) is 25.2 Å². The molecule has 1 aromatic carbocycles. The third kappa shape index (κ3) is 4.58. The highest BCUT2D eigenvalue weighted by molar-refractivity contribution is 5.63. The first kappa shape index (κ1) is 20.8. The van der Waals surface area contributed by atoms with Crippen LogP contribution in [0.4, 0.5) is 11.5 Å². The Bertz CT molecular complexity index is 978. The topological polar surface area (TPSA) is 103 Å². The minimum absolute atomic E-state index is 0.190. The van der Waals surface area contributed by atoms with Crippen molar-refractivity contribution in [3.63, 3.8) is 0 Å². The molecule has 0 aliphatic carbocycles. The second-order valence-corrected chi connectivity index (χ2v) is 8.21. The van der Waals surface area contributed by atoms with Crippen LogP contribution in [-0.4, -0.2) is 29.3 Å². The minimum Gasteiger partial charge on any atom is -0.486 e. The fourth-order valence-corrected chi connectivity index (χ4v) is 3.57. The maximum atomic E-state index is 12.8. The van der Waals surface area contributed by atoms with Crippen LogP contribution in [0.25, 0.3) is 0 Å². The number of rotatable bonds is 7. The van der Waals surface area contributed by atoms with Gasteiger partial charge >= 0.3 is 5.69 Å². The maximum Gasteiger partial charge on any atom is 0.330 e. The van der Waals surface area contributed by atoms with Crippen LogP contribution in [0.1, 0.15) is 33.3 Å². The van der Waals surface area contributed by atoms with Crippen molar-refractivity contribution in [3.8, 4) is 11.5 Å². The molecule has 8 heteroatoms. The van der Waals surface area contributed by atoms with Gasteiger partial charge < -0.3 is 20.1 Å². The van der Waals surface area contributed by atoms with Gasteiger partial charge in [-0.2, -0.15) is 0 Å².